The molecule has 6 nitrogen and oxygen atoms in total. The lowest BCUT2D eigenvalue weighted by molar-refractivity contribution is -0.275. The molecule has 0 bridgehead atoms. The fourth-order valence-corrected chi connectivity index (χ4v) is 4.25. The number of hydrogen-bond acceptors (Lipinski definition) is 5. The van der Waals surface area contributed by atoms with E-state index in [-0.39, 0.29) is 22.3 Å². The minimum absolute atomic E-state index is 0.00263. The summed E-state index contributed by atoms with van der Waals surface area (Å²) in [6, 6.07) is 4.51. The smallest absolute Gasteiger partial charge is 0.417 e. The summed E-state index contributed by atoms with van der Waals surface area (Å²) < 4.78 is 80.9. The number of aromatic amines is 1. The first-order chi connectivity index (χ1) is 15.0. The van der Waals surface area contributed by atoms with Crippen molar-refractivity contribution in [2.75, 3.05) is 7.11 Å². The zero-order valence-corrected chi connectivity index (χ0v) is 17.1. The van der Waals surface area contributed by atoms with Gasteiger partial charge in [-0.15, -0.1) is 5.10 Å². The summed E-state index contributed by atoms with van der Waals surface area (Å²) in [7, 11) is 1.09. The molecule has 11 heteroatoms. The molecule has 0 amide bonds. The Morgan fingerprint density at radius 1 is 1.22 bits per heavy atom. The molecule has 2 aromatic heterocycles. The minimum atomic E-state index is -4.78. The Hall–Kier alpha value is -3.08. The summed E-state index contributed by atoms with van der Waals surface area (Å²) in [5.41, 5.74) is -2.94. The number of alkyl halides is 3. The Labute approximate surface area is 178 Å². The number of aromatic nitrogens is 3. The molecule has 170 valence electrons. The van der Waals surface area contributed by atoms with Crippen molar-refractivity contribution in [2.24, 2.45) is 5.92 Å². The topological polar surface area (TPSA) is 77.1 Å². The van der Waals surface area contributed by atoms with Gasteiger partial charge in [0.15, 0.2) is 22.7 Å². The molecule has 0 radical (unpaired) electrons. The molecule has 0 spiro atoms. The van der Waals surface area contributed by atoms with E-state index >= 15 is 0 Å². The van der Waals surface area contributed by atoms with Gasteiger partial charge in [-0.3, -0.25) is 4.79 Å². The first-order valence-electron chi connectivity index (χ1n) is 9.60. The van der Waals surface area contributed by atoms with Crippen molar-refractivity contribution >= 4 is 11.0 Å². The van der Waals surface area contributed by atoms with E-state index < -0.39 is 52.5 Å². The van der Waals surface area contributed by atoms with E-state index in [1.54, 1.807) is 0 Å². The van der Waals surface area contributed by atoms with Crippen LogP contribution >= 0.6 is 0 Å². The van der Waals surface area contributed by atoms with Crippen LogP contribution in [0.4, 0.5) is 22.0 Å². The van der Waals surface area contributed by atoms with E-state index in [1.807, 2.05) is 0 Å². The van der Waals surface area contributed by atoms with Gasteiger partial charge >= 0.3 is 6.18 Å². The lowest BCUT2D eigenvalue weighted by Crippen LogP contribution is -2.46. The fraction of sp³-hybridized carbons (Fsp3) is 0.381. The highest BCUT2D eigenvalue weighted by Gasteiger charge is 2.65. The van der Waals surface area contributed by atoms with E-state index in [2.05, 4.69) is 15.2 Å². The fourth-order valence-electron chi connectivity index (χ4n) is 4.25. The third kappa shape index (κ3) is 3.22. The molecule has 4 atom stereocenters. The quantitative estimate of drug-likeness (QED) is 0.592. The number of ether oxygens (including phenoxy) is 2. The van der Waals surface area contributed by atoms with Gasteiger partial charge in [-0.05, 0) is 19.1 Å². The number of benzene rings is 1. The van der Waals surface area contributed by atoms with Gasteiger partial charge in [-0.2, -0.15) is 22.7 Å². The predicted molar refractivity (Wildman–Crippen MR) is 103 cm³/mol. The van der Waals surface area contributed by atoms with Gasteiger partial charge in [0.05, 0.1) is 18.8 Å². The Bertz CT molecular complexity index is 1250. The molecule has 0 saturated carbocycles. The second kappa shape index (κ2) is 7.51. The Balaban J connectivity index is 1.96. The van der Waals surface area contributed by atoms with E-state index in [0.717, 1.165) is 26.2 Å². The van der Waals surface area contributed by atoms with Gasteiger partial charge in [0, 0.05) is 29.2 Å². The highest BCUT2D eigenvalue weighted by Crippen LogP contribution is 2.59. The number of nitrogens with one attached hydrogen (secondary N) is 1. The van der Waals surface area contributed by atoms with Gasteiger partial charge in [-0.1, -0.05) is 13.0 Å². The number of hydrogen-bond donors (Lipinski definition) is 1. The number of fused-ring (bicyclic) bond motifs is 1. The number of halogens is 5. The average molecular weight is 455 g/mol. The van der Waals surface area contributed by atoms with Crippen LogP contribution in [0.3, 0.4) is 0 Å². The molecular weight excluding hydrogens is 437 g/mol. The van der Waals surface area contributed by atoms with Crippen molar-refractivity contribution in [3.63, 3.8) is 0 Å². The summed E-state index contributed by atoms with van der Waals surface area (Å²) in [6.45, 7) is 2.20. The van der Waals surface area contributed by atoms with Crippen molar-refractivity contribution < 1.29 is 31.4 Å². The standard InChI is InChI=1S/C21H18F5N3O3/c1-9-15(10-4-5-11(22)16(23)18(10)31-3)19(32-20(9,2)21(24,25)26)13-8-14(30)17-12(28-13)6-7-27-29-17/h4-9,15,19H,1-3H3,(H,28,30)/t9-,15-,19-,20+/m0/s1. The van der Waals surface area contributed by atoms with Crippen molar-refractivity contribution in [3.8, 4) is 5.75 Å². The van der Waals surface area contributed by atoms with Gasteiger partial charge in [0.2, 0.25) is 11.2 Å². The van der Waals surface area contributed by atoms with Crippen LogP contribution in [0.5, 0.6) is 5.75 Å². The largest absolute Gasteiger partial charge is 0.493 e. The summed E-state index contributed by atoms with van der Waals surface area (Å²) in [6.07, 6.45) is -4.82. The van der Waals surface area contributed by atoms with E-state index in [0.29, 0.717) is 0 Å². The van der Waals surface area contributed by atoms with Gasteiger partial charge in [-0.25, -0.2) is 4.39 Å². The molecule has 32 heavy (non-hydrogen) atoms. The van der Waals surface area contributed by atoms with Crippen LogP contribution in [0.1, 0.15) is 37.1 Å². The SMILES string of the molecule is COc1c([C@H]2[C@H](c3cc(=O)c4nnccc4[nH]3)O[C@@](C)(C(F)(F)F)[C@H]2C)ccc(F)c1F. The third-order valence-electron chi connectivity index (χ3n) is 6.14. The first kappa shape index (κ1) is 22.1. The monoisotopic (exact) mass is 455 g/mol. The third-order valence-corrected chi connectivity index (χ3v) is 6.14. The number of rotatable bonds is 3. The van der Waals surface area contributed by atoms with Crippen LogP contribution in [0, 0.1) is 17.6 Å². The summed E-state index contributed by atoms with van der Waals surface area (Å²) >= 11 is 0. The molecule has 4 rings (SSSR count). The molecule has 0 unspecified atom stereocenters. The molecule has 1 aromatic carbocycles. The van der Waals surface area contributed by atoms with Crippen molar-refractivity contribution in [2.45, 2.75) is 37.6 Å². The van der Waals surface area contributed by atoms with Crippen molar-refractivity contribution in [1.29, 1.82) is 0 Å². The van der Waals surface area contributed by atoms with Gasteiger partial charge in [0.1, 0.15) is 6.10 Å². The van der Waals surface area contributed by atoms with E-state index in [4.69, 9.17) is 9.47 Å². The number of H-pyrrole nitrogens is 1. The highest BCUT2D eigenvalue weighted by atomic mass is 19.4. The Morgan fingerprint density at radius 3 is 2.59 bits per heavy atom. The lowest BCUT2D eigenvalue weighted by atomic mass is 9.76. The van der Waals surface area contributed by atoms with E-state index in [9.17, 15) is 26.7 Å². The zero-order chi connectivity index (χ0) is 23.4. The molecule has 1 saturated heterocycles. The molecule has 1 N–H and O–H groups in total. The second-order valence-electron chi connectivity index (χ2n) is 7.82. The van der Waals surface area contributed by atoms with Crippen molar-refractivity contribution in [1.82, 2.24) is 15.2 Å². The summed E-state index contributed by atoms with van der Waals surface area (Å²) in [5, 5.41) is 7.36. The van der Waals surface area contributed by atoms with Crippen LogP contribution in [-0.4, -0.2) is 34.1 Å². The van der Waals surface area contributed by atoms with Crippen LogP contribution in [0.25, 0.3) is 11.0 Å². The molecule has 1 aliphatic rings. The highest BCUT2D eigenvalue weighted by molar-refractivity contribution is 5.72. The van der Waals surface area contributed by atoms with Gasteiger partial charge < -0.3 is 14.5 Å². The van der Waals surface area contributed by atoms with Crippen LogP contribution in [-0.2, 0) is 4.74 Å². The van der Waals surface area contributed by atoms with Crippen LogP contribution < -0.4 is 10.2 Å². The predicted octanol–water partition coefficient (Wildman–Crippen LogP) is 4.42. The Kier molecular flexibility index (Phi) is 5.19. The minimum Gasteiger partial charge on any atom is -0.493 e. The summed E-state index contributed by atoms with van der Waals surface area (Å²) in [4.78, 5) is 15.4. The second-order valence-corrected chi connectivity index (χ2v) is 7.82. The maximum atomic E-state index is 14.4. The lowest BCUT2D eigenvalue weighted by Gasteiger charge is -2.32. The van der Waals surface area contributed by atoms with Crippen LogP contribution in [0.15, 0.2) is 35.3 Å². The maximum Gasteiger partial charge on any atom is 0.417 e. The first-order valence-corrected chi connectivity index (χ1v) is 9.60. The number of methoxy groups -OCH3 is 1. The Morgan fingerprint density at radius 2 is 1.94 bits per heavy atom. The molecule has 3 heterocycles. The molecule has 1 aliphatic heterocycles. The molecular formula is C21H18F5N3O3. The van der Waals surface area contributed by atoms with Crippen molar-refractivity contribution in [3.05, 3.63) is 63.6 Å². The average Bonchev–Trinajstić information content (AvgIpc) is 3.02. The number of pyridine rings is 1. The zero-order valence-electron chi connectivity index (χ0n) is 17.1. The maximum absolute atomic E-state index is 14.4. The summed E-state index contributed by atoms with van der Waals surface area (Å²) in [5.74, 6) is -5.42. The molecule has 0 aliphatic carbocycles. The molecule has 1 fully saturated rings. The van der Waals surface area contributed by atoms with Gasteiger partial charge in [0.25, 0.3) is 0 Å². The number of nitrogens with zero attached hydrogens (tertiary/aromatic N) is 2. The van der Waals surface area contributed by atoms with Crippen LogP contribution in [0.2, 0.25) is 0 Å². The molecule has 3 aromatic rings. The normalized spacial score (nSPS) is 25.9. The van der Waals surface area contributed by atoms with E-state index in [1.165, 1.54) is 25.3 Å².